The van der Waals surface area contributed by atoms with Crippen molar-refractivity contribution in [3.63, 3.8) is 0 Å². The lowest BCUT2D eigenvalue weighted by Gasteiger charge is -2.20. The van der Waals surface area contributed by atoms with E-state index in [4.69, 9.17) is 11.6 Å². The summed E-state index contributed by atoms with van der Waals surface area (Å²) in [7, 11) is 3.65. The fraction of sp³-hybridized carbons (Fsp3) is 0.462. The largest absolute Gasteiger partial charge is 0.369 e. The molecular formula is C13H19ClN4. The molecule has 1 atom stereocenters. The number of nitrogens with zero attached hydrogens (tertiary/aromatic N) is 2. The van der Waals surface area contributed by atoms with Crippen LogP contribution in [-0.2, 0) is 0 Å². The monoisotopic (exact) mass is 266 g/mol. The number of nitrogens with one attached hydrogen (secondary N) is 2. The van der Waals surface area contributed by atoms with Crippen molar-refractivity contribution in [2.45, 2.75) is 12.5 Å². The van der Waals surface area contributed by atoms with Crippen molar-refractivity contribution in [2.24, 2.45) is 4.99 Å². The van der Waals surface area contributed by atoms with E-state index in [9.17, 15) is 0 Å². The average molecular weight is 267 g/mol. The predicted octanol–water partition coefficient (Wildman–Crippen LogP) is 1.71. The van der Waals surface area contributed by atoms with Gasteiger partial charge in [0.15, 0.2) is 5.96 Å². The van der Waals surface area contributed by atoms with Crippen molar-refractivity contribution in [3.05, 3.63) is 29.3 Å². The van der Waals surface area contributed by atoms with Gasteiger partial charge in [0.2, 0.25) is 0 Å². The Kier molecular flexibility index (Phi) is 4.31. The molecule has 1 aliphatic heterocycles. The first-order chi connectivity index (χ1) is 8.72. The minimum atomic E-state index is 0.426. The van der Waals surface area contributed by atoms with E-state index in [-0.39, 0.29) is 0 Å². The van der Waals surface area contributed by atoms with Gasteiger partial charge in [-0.15, -0.1) is 0 Å². The van der Waals surface area contributed by atoms with Crippen LogP contribution in [0.1, 0.15) is 6.42 Å². The van der Waals surface area contributed by atoms with Crippen LogP contribution >= 0.6 is 11.6 Å². The summed E-state index contributed by atoms with van der Waals surface area (Å²) in [5.41, 5.74) is 1.19. The van der Waals surface area contributed by atoms with Crippen LogP contribution in [0.2, 0.25) is 5.02 Å². The molecule has 1 heterocycles. The third-order valence-electron chi connectivity index (χ3n) is 3.16. The molecule has 1 unspecified atom stereocenters. The second-order valence-corrected chi connectivity index (χ2v) is 4.81. The van der Waals surface area contributed by atoms with Gasteiger partial charge >= 0.3 is 0 Å². The van der Waals surface area contributed by atoms with Crippen LogP contribution in [0.4, 0.5) is 5.69 Å². The lowest BCUT2D eigenvalue weighted by atomic mass is 10.3. The molecule has 2 rings (SSSR count). The molecule has 0 aliphatic carbocycles. The fourth-order valence-electron chi connectivity index (χ4n) is 2.23. The summed E-state index contributed by atoms with van der Waals surface area (Å²) in [4.78, 5) is 6.48. The lowest BCUT2D eigenvalue weighted by Crippen LogP contribution is -2.43. The quantitative estimate of drug-likeness (QED) is 0.632. The van der Waals surface area contributed by atoms with Crippen LogP contribution in [0.3, 0.4) is 0 Å². The number of aliphatic imine (C=N–C) groups is 1. The Morgan fingerprint density at radius 1 is 1.50 bits per heavy atom. The van der Waals surface area contributed by atoms with Crippen molar-refractivity contribution in [2.75, 3.05) is 32.1 Å². The van der Waals surface area contributed by atoms with Crippen molar-refractivity contribution in [1.82, 2.24) is 10.6 Å². The van der Waals surface area contributed by atoms with Crippen LogP contribution in [0.15, 0.2) is 29.3 Å². The number of anilines is 1. The van der Waals surface area contributed by atoms with Crippen LogP contribution in [0.25, 0.3) is 0 Å². The first-order valence-electron chi connectivity index (χ1n) is 6.14. The van der Waals surface area contributed by atoms with Gasteiger partial charge in [0.05, 0.1) is 0 Å². The van der Waals surface area contributed by atoms with E-state index >= 15 is 0 Å². The van der Waals surface area contributed by atoms with Gasteiger partial charge in [-0.3, -0.25) is 4.99 Å². The maximum absolute atomic E-state index is 6.02. The molecule has 98 valence electrons. The second-order valence-electron chi connectivity index (χ2n) is 4.38. The van der Waals surface area contributed by atoms with Gasteiger partial charge in [-0.1, -0.05) is 17.7 Å². The van der Waals surface area contributed by atoms with Gasteiger partial charge in [0.25, 0.3) is 0 Å². The highest BCUT2D eigenvalue weighted by Gasteiger charge is 2.23. The summed E-state index contributed by atoms with van der Waals surface area (Å²) in [6.07, 6.45) is 1.10. The van der Waals surface area contributed by atoms with E-state index in [2.05, 4.69) is 26.6 Å². The summed E-state index contributed by atoms with van der Waals surface area (Å²) < 4.78 is 0. The molecule has 18 heavy (non-hydrogen) atoms. The average Bonchev–Trinajstić information content (AvgIpc) is 2.84. The highest BCUT2D eigenvalue weighted by atomic mass is 35.5. The SMILES string of the molecule is CN=C(NC)NC1CCN(c2cccc(Cl)c2)C1. The Hall–Kier alpha value is -1.42. The predicted molar refractivity (Wildman–Crippen MR) is 77.6 cm³/mol. The standard InChI is InChI=1S/C13H19ClN4/c1-15-13(16-2)17-11-6-7-18(9-11)12-5-3-4-10(14)8-12/h3-5,8,11H,6-7,9H2,1-2H3,(H2,15,16,17). The normalized spacial score (nSPS) is 20.1. The summed E-state index contributed by atoms with van der Waals surface area (Å²) >= 11 is 6.02. The molecule has 4 nitrogen and oxygen atoms in total. The summed E-state index contributed by atoms with van der Waals surface area (Å²) in [6.45, 7) is 2.01. The Morgan fingerprint density at radius 3 is 3.00 bits per heavy atom. The molecule has 1 aromatic rings. The summed E-state index contributed by atoms with van der Waals surface area (Å²) in [5.74, 6) is 0.841. The molecule has 5 heteroatoms. The van der Waals surface area contributed by atoms with Gasteiger partial charge in [-0.2, -0.15) is 0 Å². The summed E-state index contributed by atoms with van der Waals surface area (Å²) in [5, 5.41) is 7.22. The maximum atomic E-state index is 6.02. The molecule has 0 amide bonds. The van der Waals surface area contributed by atoms with Crippen molar-refractivity contribution in [1.29, 1.82) is 0 Å². The van der Waals surface area contributed by atoms with E-state index in [1.807, 2.05) is 25.2 Å². The molecule has 0 radical (unpaired) electrons. The molecule has 1 aliphatic rings. The van der Waals surface area contributed by atoms with E-state index in [1.165, 1.54) is 5.69 Å². The van der Waals surface area contributed by atoms with Gasteiger partial charge in [0.1, 0.15) is 0 Å². The van der Waals surface area contributed by atoms with Crippen molar-refractivity contribution >= 4 is 23.2 Å². The number of hydrogen-bond acceptors (Lipinski definition) is 2. The first-order valence-corrected chi connectivity index (χ1v) is 6.52. The Bertz CT molecular complexity index is 433. The molecular weight excluding hydrogens is 248 g/mol. The van der Waals surface area contributed by atoms with Crippen molar-refractivity contribution in [3.8, 4) is 0 Å². The molecule has 0 bridgehead atoms. The van der Waals surface area contributed by atoms with Gasteiger partial charge < -0.3 is 15.5 Å². The highest BCUT2D eigenvalue weighted by Crippen LogP contribution is 2.23. The zero-order valence-corrected chi connectivity index (χ0v) is 11.5. The number of benzene rings is 1. The topological polar surface area (TPSA) is 39.7 Å². The molecule has 1 saturated heterocycles. The maximum Gasteiger partial charge on any atom is 0.190 e. The van der Waals surface area contributed by atoms with Crippen LogP contribution in [0, 0.1) is 0 Å². The molecule has 0 spiro atoms. The Balaban J connectivity index is 1.96. The number of hydrogen-bond donors (Lipinski definition) is 2. The molecule has 2 N–H and O–H groups in total. The molecule has 0 saturated carbocycles. The minimum absolute atomic E-state index is 0.426. The van der Waals surface area contributed by atoms with E-state index in [0.717, 1.165) is 30.5 Å². The van der Waals surface area contributed by atoms with Crippen LogP contribution in [0.5, 0.6) is 0 Å². The van der Waals surface area contributed by atoms with Crippen LogP contribution in [-0.4, -0.2) is 39.2 Å². The van der Waals surface area contributed by atoms with E-state index < -0.39 is 0 Å². The highest BCUT2D eigenvalue weighted by molar-refractivity contribution is 6.30. The number of halogens is 1. The first kappa shape index (κ1) is 13.0. The third-order valence-corrected chi connectivity index (χ3v) is 3.40. The van der Waals surface area contributed by atoms with Gasteiger partial charge in [0, 0.05) is 43.9 Å². The second kappa shape index (κ2) is 5.96. The van der Waals surface area contributed by atoms with Crippen molar-refractivity contribution < 1.29 is 0 Å². The van der Waals surface area contributed by atoms with E-state index in [1.54, 1.807) is 7.05 Å². The molecule has 0 aromatic heterocycles. The minimum Gasteiger partial charge on any atom is -0.369 e. The van der Waals surface area contributed by atoms with Crippen LogP contribution < -0.4 is 15.5 Å². The van der Waals surface area contributed by atoms with Gasteiger partial charge in [-0.25, -0.2) is 0 Å². The Morgan fingerprint density at radius 2 is 2.33 bits per heavy atom. The smallest absolute Gasteiger partial charge is 0.190 e. The zero-order valence-electron chi connectivity index (χ0n) is 10.8. The summed E-state index contributed by atoms with van der Waals surface area (Å²) in [6, 6.07) is 8.43. The third kappa shape index (κ3) is 3.07. The zero-order chi connectivity index (χ0) is 13.0. The number of guanidine groups is 1. The lowest BCUT2D eigenvalue weighted by molar-refractivity contribution is 0.657. The molecule has 1 fully saturated rings. The van der Waals surface area contributed by atoms with E-state index in [0.29, 0.717) is 6.04 Å². The Labute approximate surface area is 113 Å². The van der Waals surface area contributed by atoms with Gasteiger partial charge in [-0.05, 0) is 24.6 Å². The number of rotatable bonds is 2. The molecule has 1 aromatic carbocycles. The fourth-order valence-corrected chi connectivity index (χ4v) is 2.41.